The van der Waals surface area contributed by atoms with Crippen LogP contribution in [-0.4, -0.2) is 18.0 Å². The molecule has 108 valence electrons. The number of methoxy groups -OCH3 is 1. The molecule has 3 aromatic rings. The van der Waals surface area contributed by atoms with E-state index in [1.807, 2.05) is 31.2 Å². The lowest BCUT2D eigenvalue weighted by atomic mass is 10.2. The van der Waals surface area contributed by atoms with E-state index in [0.29, 0.717) is 12.4 Å². The van der Waals surface area contributed by atoms with Gasteiger partial charge in [0, 0.05) is 29.4 Å². The minimum absolute atomic E-state index is 0.271. The molecule has 0 fully saturated rings. The Labute approximate surface area is 121 Å². The minimum atomic E-state index is -0.274. The molecule has 2 N–H and O–H groups in total. The summed E-state index contributed by atoms with van der Waals surface area (Å²) < 4.78 is 10.4. The fraction of sp³-hybridized carbons (Fsp3) is 0.188. The van der Waals surface area contributed by atoms with E-state index in [1.165, 1.54) is 0 Å². The lowest BCUT2D eigenvalue weighted by Gasteiger charge is -2.03. The van der Waals surface area contributed by atoms with E-state index >= 15 is 0 Å². The topological polar surface area (TPSA) is 67.3 Å². The molecule has 0 saturated carbocycles. The van der Waals surface area contributed by atoms with Crippen molar-refractivity contribution in [3.05, 3.63) is 53.6 Å². The van der Waals surface area contributed by atoms with E-state index < -0.39 is 0 Å². The zero-order valence-electron chi connectivity index (χ0n) is 11.9. The number of ether oxygens (including phenoxy) is 1. The van der Waals surface area contributed by atoms with E-state index in [4.69, 9.17) is 9.15 Å². The molecule has 0 radical (unpaired) electrons. The number of aromatic nitrogens is 1. The van der Waals surface area contributed by atoms with Crippen LogP contribution in [0.3, 0.4) is 0 Å². The fourth-order valence-electron chi connectivity index (χ4n) is 2.27. The van der Waals surface area contributed by atoms with Crippen molar-refractivity contribution in [1.82, 2.24) is 4.98 Å². The maximum atomic E-state index is 12.1. The standard InChI is InChI=1S/C16H16N2O3/c1-10-7-11-8-12(3-5-14(11)17-10)18-16(19)15-6-4-13(21-15)9-20-2/h3-8,17H,9H2,1-2H3,(H,18,19). The van der Waals surface area contributed by atoms with Crippen LogP contribution in [0.5, 0.6) is 0 Å². The first-order valence-electron chi connectivity index (χ1n) is 6.64. The zero-order chi connectivity index (χ0) is 14.8. The van der Waals surface area contributed by atoms with Gasteiger partial charge in [0.25, 0.3) is 5.91 Å². The van der Waals surface area contributed by atoms with Crippen LogP contribution in [0.25, 0.3) is 10.9 Å². The summed E-state index contributed by atoms with van der Waals surface area (Å²) in [6, 6.07) is 11.1. The second kappa shape index (κ2) is 5.46. The van der Waals surface area contributed by atoms with Gasteiger partial charge in [0.15, 0.2) is 5.76 Å². The van der Waals surface area contributed by atoms with Crippen molar-refractivity contribution < 1.29 is 13.9 Å². The molecule has 1 amide bonds. The molecular weight excluding hydrogens is 268 g/mol. The van der Waals surface area contributed by atoms with E-state index in [9.17, 15) is 4.79 Å². The summed E-state index contributed by atoms with van der Waals surface area (Å²) in [5.41, 5.74) is 2.87. The van der Waals surface area contributed by atoms with Gasteiger partial charge in [0.1, 0.15) is 12.4 Å². The monoisotopic (exact) mass is 284 g/mol. The Balaban J connectivity index is 1.78. The molecule has 5 nitrogen and oxygen atoms in total. The normalized spacial score (nSPS) is 11.0. The van der Waals surface area contributed by atoms with Crippen molar-refractivity contribution in [2.45, 2.75) is 13.5 Å². The van der Waals surface area contributed by atoms with E-state index in [2.05, 4.69) is 10.3 Å². The number of aryl methyl sites for hydroxylation is 1. The van der Waals surface area contributed by atoms with Gasteiger partial charge >= 0.3 is 0 Å². The zero-order valence-corrected chi connectivity index (χ0v) is 11.9. The fourth-order valence-corrected chi connectivity index (χ4v) is 2.27. The summed E-state index contributed by atoms with van der Waals surface area (Å²) in [5.74, 6) is 0.621. The number of H-pyrrole nitrogens is 1. The number of nitrogens with one attached hydrogen (secondary N) is 2. The van der Waals surface area contributed by atoms with Crippen LogP contribution < -0.4 is 5.32 Å². The van der Waals surface area contributed by atoms with Gasteiger partial charge in [-0.3, -0.25) is 4.79 Å². The Kier molecular flexibility index (Phi) is 3.50. The smallest absolute Gasteiger partial charge is 0.291 e. The first-order valence-corrected chi connectivity index (χ1v) is 6.64. The molecule has 21 heavy (non-hydrogen) atoms. The Morgan fingerprint density at radius 2 is 2.14 bits per heavy atom. The van der Waals surface area contributed by atoms with Crippen molar-refractivity contribution in [2.75, 3.05) is 12.4 Å². The molecule has 0 spiro atoms. The summed E-state index contributed by atoms with van der Waals surface area (Å²) >= 11 is 0. The first kappa shape index (κ1) is 13.5. The number of carbonyl (C=O) groups excluding carboxylic acids is 1. The van der Waals surface area contributed by atoms with Gasteiger partial charge in [-0.1, -0.05) is 0 Å². The van der Waals surface area contributed by atoms with Gasteiger partial charge in [-0.2, -0.15) is 0 Å². The second-order valence-electron chi connectivity index (χ2n) is 4.91. The Bertz CT molecular complexity index is 786. The van der Waals surface area contributed by atoms with Crippen LogP contribution in [0.1, 0.15) is 22.0 Å². The predicted molar refractivity (Wildman–Crippen MR) is 80.4 cm³/mol. The van der Waals surface area contributed by atoms with Gasteiger partial charge < -0.3 is 19.5 Å². The molecule has 0 aliphatic carbocycles. The van der Waals surface area contributed by atoms with Gasteiger partial charge in [0.05, 0.1) is 0 Å². The van der Waals surface area contributed by atoms with E-state index in [1.54, 1.807) is 19.2 Å². The quantitative estimate of drug-likeness (QED) is 0.771. The minimum Gasteiger partial charge on any atom is -0.453 e. The highest BCUT2D eigenvalue weighted by Gasteiger charge is 2.12. The van der Waals surface area contributed by atoms with Crippen molar-refractivity contribution in [2.24, 2.45) is 0 Å². The van der Waals surface area contributed by atoms with Crippen LogP contribution >= 0.6 is 0 Å². The van der Waals surface area contributed by atoms with Crippen molar-refractivity contribution >= 4 is 22.5 Å². The summed E-state index contributed by atoms with van der Waals surface area (Å²) in [6.45, 7) is 2.35. The third-order valence-corrected chi connectivity index (χ3v) is 3.19. The maximum Gasteiger partial charge on any atom is 0.291 e. The molecule has 2 aromatic heterocycles. The van der Waals surface area contributed by atoms with Gasteiger partial charge in [0.2, 0.25) is 0 Å². The van der Waals surface area contributed by atoms with Gasteiger partial charge in [-0.15, -0.1) is 0 Å². The molecule has 0 aliphatic rings. The number of furan rings is 1. The Hall–Kier alpha value is -2.53. The van der Waals surface area contributed by atoms with E-state index in [-0.39, 0.29) is 11.7 Å². The van der Waals surface area contributed by atoms with Crippen LogP contribution in [0, 0.1) is 6.92 Å². The molecule has 0 aliphatic heterocycles. The highest BCUT2D eigenvalue weighted by molar-refractivity contribution is 6.03. The van der Waals surface area contributed by atoms with Gasteiger partial charge in [-0.05, 0) is 43.3 Å². The lowest BCUT2D eigenvalue weighted by molar-refractivity contribution is 0.0987. The number of amides is 1. The third-order valence-electron chi connectivity index (χ3n) is 3.19. The number of carbonyl (C=O) groups is 1. The number of fused-ring (bicyclic) bond motifs is 1. The summed E-state index contributed by atoms with van der Waals surface area (Å²) in [5, 5.41) is 3.89. The van der Waals surface area contributed by atoms with Crippen molar-refractivity contribution in [1.29, 1.82) is 0 Å². The summed E-state index contributed by atoms with van der Waals surface area (Å²) in [7, 11) is 1.58. The number of aromatic amines is 1. The molecule has 0 unspecified atom stereocenters. The third kappa shape index (κ3) is 2.83. The van der Waals surface area contributed by atoms with Crippen LogP contribution in [-0.2, 0) is 11.3 Å². The molecule has 0 atom stereocenters. The van der Waals surface area contributed by atoms with Gasteiger partial charge in [-0.25, -0.2) is 0 Å². The number of hydrogen-bond donors (Lipinski definition) is 2. The molecule has 5 heteroatoms. The Morgan fingerprint density at radius 1 is 1.29 bits per heavy atom. The Morgan fingerprint density at radius 3 is 2.95 bits per heavy atom. The SMILES string of the molecule is COCc1ccc(C(=O)Nc2ccc3[nH]c(C)cc3c2)o1. The molecule has 2 heterocycles. The maximum absolute atomic E-state index is 12.1. The first-order chi connectivity index (χ1) is 10.2. The number of rotatable bonds is 4. The van der Waals surface area contributed by atoms with Crippen LogP contribution in [0.4, 0.5) is 5.69 Å². The number of hydrogen-bond acceptors (Lipinski definition) is 3. The largest absolute Gasteiger partial charge is 0.453 e. The highest BCUT2D eigenvalue weighted by Crippen LogP contribution is 2.20. The van der Waals surface area contributed by atoms with Crippen LogP contribution in [0.15, 0.2) is 40.8 Å². The lowest BCUT2D eigenvalue weighted by Crippen LogP contribution is -2.10. The number of benzene rings is 1. The van der Waals surface area contributed by atoms with Crippen LogP contribution in [0.2, 0.25) is 0 Å². The summed E-state index contributed by atoms with van der Waals surface area (Å²) in [4.78, 5) is 15.4. The number of anilines is 1. The highest BCUT2D eigenvalue weighted by atomic mass is 16.5. The molecular formula is C16H16N2O3. The average Bonchev–Trinajstić information content (AvgIpc) is 3.04. The second-order valence-corrected chi connectivity index (χ2v) is 4.91. The molecule has 1 aromatic carbocycles. The van der Waals surface area contributed by atoms with E-state index in [0.717, 1.165) is 22.3 Å². The molecule has 0 bridgehead atoms. The molecule has 0 saturated heterocycles. The molecule has 3 rings (SSSR count). The predicted octanol–water partition coefficient (Wildman–Crippen LogP) is 3.47. The average molecular weight is 284 g/mol. The van der Waals surface area contributed by atoms with Crippen molar-refractivity contribution in [3.63, 3.8) is 0 Å². The van der Waals surface area contributed by atoms with Crippen molar-refractivity contribution in [3.8, 4) is 0 Å². The summed E-state index contributed by atoms with van der Waals surface area (Å²) in [6.07, 6.45) is 0.